The lowest BCUT2D eigenvalue weighted by Gasteiger charge is -2.18. The first-order chi connectivity index (χ1) is 5.79. The van der Waals surface area contributed by atoms with Crippen LogP contribution in [0.2, 0.25) is 0 Å². The van der Waals surface area contributed by atoms with Gasteiger partial charge in [-0.15, -0.1) is 0 Å². The average Bonchev–Trinajstić information content (AvgIpc) is 2.47. The van der Waals surface area contributed by atoms with Gasteiger partial charge in [-0.1, -0.05) is 44.4 Å². The smallest absolute Gasteiger partial charge is 0.0276 e. The molecule has 0 saturated carbocycles. The van der Waals surface area contributed by atoms with Crippen LogP contribution in [0.15, 0.2) is 47.3 Å². The Bertz CT molecular complexity index is 303. The van der Waals surface area contributed by atoms with Gasteiger partial charge in [0.2, 0.25) is 0 Å². The van der Waals surface area contributed by atoms with Crippen molar-refractivity contribution in [2.24, 2.45) is 5.92 Å². The van der Waals surface area contributed by atoms with E-state index in [9.17, 15) is 0 Å². The Morgan fingerprint density at radius 2 is 2.00 bits per heavy atom. The lowest BCUT2D eigenvalue weighted by molar-refractivity contribution is 0.997. The third kappa shape index (κ3) is 1.21. The second-order valence-electron chi connectivity index (χ2n) is 3.37. The molecule has 0 fully saturated rings. The Morgan fingerprint density at radius 1 is 1.17 bits per heavy atom. The highest BCUT2D eigenvalue weighted by Crippen LogP contribution is 2.48. The first kappa shape index (κ1) is 8.01. The first-order valence-corrected chi connectivity index (χ1v) is 6.46. The molecule has 0 radical (unpaired) electrons. The van der Waals surface area contributed by atoms with Gasteiger partial charge in [0.15, 0.2) is 0 Å². The molecule has 0 aliphatic heterocycles. The van der Waals surface area contributed by atoms with Crippen LogP contribution in [0.25, 0.3) is 0 Å². The Morgan fingerprint density at radius 3 is 2.75 bits per heavy atom. The van der Waals surface area contributed by atoms with Crippen molar-refractivity contribution < 1.29 is 0 Å². The molecular formula is C11H13P. The van der Waals surface area contributed by atoms with Crippen LogP contribution in [0.4, 0.5) is 0 Å². The zero-order valence-corrected chi connectivity index (χ0v) is 8.38. The maximum Gasteiger partial charge on any atom is 0.0276 e. The molecule has 12 heavy (non-hydrogen) atoms. The van der Waals surface area contributed by atoms with E-state index >= 15 is 0 Å². The summed E-state index contributed by atoms with van der Waals surface area (Å²) in [5.41, 5.74) is 1.46. The van der Waals surface area contributed by atoms with Crippen molar-refractivity contribution in [3.63, 3.8) is 0 Å². The summed E-state index contributed by atoms with van der Waals surface area (Å²) < 4.78 is 0. The summed E-state index contributed by atoms with van der Waals surface area (Å²) in [5, 5.41) is 1.61. The predicted molar refractivity (Wildman–Crippen MR) is 56.7 cm³/mol. The van der Waals surface area contributed by atoms with E-state index in [1.54, 1.807) is 5.31 Å². The van der Waals surface area contributed by atoms with Crippen LogP contribution in [0, 0.1) is 5.92 Å². The standard InChI is InChI=1S/C11H13P/c1-12(2)11-8-7-9-5-3-4-6-10(9)11/h3-8,10H,1-2H3. The minimum atomic E-state index is 0.0787. The molecule has 0 aromatic rings. The Balaban J connectivity index is 2.27. The largest absolute Gasteiger partial charge is 0.0851 e. The molecule has 0 heterocycles. The van der Waals surface area contributed by atoms with Crippen LogP contribution in [-0.2, 0) is 0 Å². The topological polar surface area (TPSA) is 0 Å². The molecule has 1 atom stereocenters. The minimum Gasteiger partial charge on any atom is -0.0851 e. The summed E-state index contributed by atoms with van der Waals surface area (Å²) >= 11 is 0. The molecule has 0 aromatic heterocycles. The SMILES string of the molecule is CP(C)C1=CC=C2C=CC=CC21. The van der Waals surface area contributed by atoms with Crippen molar-refractivity contribution >= 4 is 7.92 Å². The van der Waals surface area contributed by atoms with Crippen LogP contribution in [-0.4, -0.2) is 13.3 Å². The van der Waals surface area contributed by atoms with Crippen LogP contribution < -0.4 is 0 Å². The fourth-order valence-corrected chi connectivity index (χ4v) is 2.86. The van der Waals surface area contributed by atoms with Gasteiger partial charge in [-0.25, -0.2) is 0 Å². The van der Waals surface area contributed by atoms with E-state index in [1.165, 1.54) is 5.57 Å². The monoisotopic (exact) mass is 176 g/mol. The van der Waals surface area contributed by atoms with Gasteiger partial charge in [-0.3, -0.25) is 0 Å². The molecule has 0 amide bonds. The summed E-state index contributed by atoms with van der Waals surface area (Å²) in [7, 11) is 0.0787. The number of hydrogen-bond donors (Lipinski definition) is 0. The molecule has 2 rings (SSSR count). The van der Waals surface area contributed by atoms with E-state index in [-0.39, 0.29) is 7.92 Å². The third-order valence-electron chi connectivity index (χ3n) is 2.34. The maximum absolute atomic E-state index is 2.32. The molecule has 1 heteroatoms. The van der Waals surface area contributed by atoms with Crippen molar-refractivity contribution in [2.75, 3.05) is 13.3 Å². The fraction of sp³-hybridized carbons (Fsp3) is 0.273. The van der Waals surface area contributed by atoms with E-state index in [0.29, 0.717) is 5.92 Å². The number of allylic oxidation sites excluding steroid dienone is 8. The highest BCUT2D eigenvalue weighted by molar-refractivity contribution is 7.60. The molecule has 2 aliphatic rings. The van der Waals surface area contributed by atoms with Crippen LogP contribution in [0.1, 0.15) is 0 Å². The number of fused-ring (bicyclic) bond motifs is 1. The number of hydrogen-bond acceptors (Lipinski definition) is 0. The lowest BCUT2D eigenvalue weighted by Crippen LogP contribution is -1.99. The van der Waals surface area contributed by atoms with Crippen LogP contribution in [0.3, 0.4) is 0 Å². The molecule has 0 spiro atoms. The summed E-state index contributed by atoms with van der Waals surface area (Å²) in [6.45, 7) is 4.65. The molecule has 62 valence electrons. The van der Waals surface area contributed by atoms with E-state index in [4.69, 9.17) is 0 Å². The number of rotatable bonds is 1. The molecule has 2 aliphatic carbocycles. The predicted octanol–water partition coefficient (Wildman–Crippen LogP) is 3.29. The summed E-state index contributed by atoms with van der Waals surface area (Å²) in [5.74, 6) is 0.608. The van der Waals surface area contributed by atoms with E-state index in [1.807, 2.05) is 0 Å². The van der Waals surface area contributed by atoms with Crippen molar-refractivity contribution in [1.82, 2.24) is 0 Å². The molecule has 1 unspecified atom stereocenters. The highest BCUT2D eigenvalue weighted by atomic mass is 31.1. The highest BCUT2D eigenvalue weighted by Gasteiger charge is 2.21. The zero-order chi connectivity index (χ0) is 8.55. The minimum absolute atomic E-state index is 0.0787. The van der Waals surface area contributed by atoms with Crippen molar-refractivity contribution in [1.29, 1.82) is 0 Å². The van der Waals surface area contributed by atoms with Gasteiger partial charge in [0.1, 0.15) is 0 Å². The summed E-state index contributed by atoms with van der Waals surface area (Å²) in [6.07, 6.45) is 13.3. The summed E-state index contributed by atoms with van der Waals surface area (Å²) in [4.78, 5) is 0. The van der Waals surface area contributed by atoms with Gasteiger partial charge in [-0.05, 0) is 24.2 Å². The molecular weight excluding hydrogens is 163 g/mol. The second-order valence-corrected chi connectivity index (χ2v) is 5.68. The van der Waals surface area contributed by atoms with Gasteiger partial charge in [0.25, 0.3) is 0 Å². The van der Waals surface area contributed by atoms with Gasteiger partial charge in [-0.2, -0.15) is 0 Å². The van der Waals surface area contributed by atoms with E-state index in [2.05, 4.69) is 49.8 Å². The third-order valence-corrected chi connectivity index (χ3v) is 3.80. The Labute approximate surface area is 75.1 Å². The molecule has 0 aromatic carbocycles. The first-order valence-electron chi connectivity index (χ1n) is 4.23. The van der Waals surface area contributed by atoms with Gasteiger partial charge >= 0.3 is 0 Å². The molecule has 0 N–H and O–H groups in total. The fourth-order valence-electron chi connectivity index (χ4n) is 1.70. The quantitative estimate of drug-likeness (QED) is 0.538. The molecule has 0 saturated heterocycles. The van der Waals surface area contributed by atoms with Gasteiger partial charge in [0, 0.05) is 5.92 Å². The van der Waals surface area contributed by atoms with Gasteiger partial charge < -0.3 is 0 Å². The Hall–Kier alpha value is -0.610. The van der Waals surface area contributed by atoms with Crippen molar-refractivity contribution in [3.8, 4) is 0 Å². The van der Waals surface area contributed by atoms with Crippen molar-refractivity contribution in [3.05, 3.63) is 47.3 Å². The zero-order valence-electron chi connectivity index (χ0n) is 7.49. The Kier molecular flexibility index (Phi) is 2.02. The lowest BCUT2D eigenvalue weighted by atomic mass is 9.98. The average molecular weight is 176 g/mol. The van der Waals surface area contributed by atoms with Crippen LogP contribution in [0.5, 0.6) is 0 Å². The normalized spacial score (nSPS) is 25.8. The molecule has 0 nitrogen and oxygen atoms in total. The maximum atomic E-state index is 2.32. The van der Waals surface area contributed by atoms with Gasteiger partial charge in [0.05, 0.1) is 0 Å². The van der Waals surface area contributed by atoms with Crippen molar-refractivity contribution in [2.45, 2.75) is 0 Å². The van der Waals surface area contributed by atoms with E-state index in [0.717, 1.165) is 0 Å². The van der Waals surface area contributed by atoms with Crippen LogP contribution >= 0.6 is 7.92 Å². The summed E-state index contributed by atoms with van der Waals surface area (Å²) in [6, 6.07) is 0. The second kappa shape index (κ2) is 3.03. The van der Waals surface area contributed by atoms with E-state index < -0.39 is 0 Å². The molecule has 0 bridgehead atoms.